The second kappa shape index (κ2) is 4.63. The number of hydrogen-bond acceptors (Lipinski definition) is 2. The van der Waals surface area contributed by atoms with Crippen LogP contribution in [-0.2, 0) is 0 Å². The summed E-state index contributed by atoms with van der Waals surface area (Å²) in [6.07, 6.45) is 0. The van der Waals surface area contributed by atoms with Gasteiger partial charge in [0.15, 0.2) is 5.76 Å². The van der Waals surface area contributed by atoms with E-state index in [0.717, 1.165) is 9.86 Å². The van der Waals surface area contributed by atoms with Crippen molar-refractivity contribution in [3.8, 4) is 0 Å². The molecule has 0 aliphatic rings. The summed E-state index contributed by atoms with van der Waals surface area (Å²) in [6, 6.07) is 12.7. The zero-order chi connectivity index (χ0) is 13.4. The van der Waals surface area contributed by atoms with Gasteiger partial charge in [-0.25, -0.2) is 4.39 Å². The summed E-state index contributed by atoms with van der Waals surface area (Å²) < 4.78 is 19.2. The van der Waals surface area contributed by atoms with Gasteiger partial charge in [0.25, 0.3) is 0 Å². The standard InChI is InChI=1S/C15H8BrFO2/c16-12-3-1-2-10-8-13(19-15(10)12)14(18)9-4-6-11(17)7-5-9/h1-8H. The number of benzene rings is 2. The first-order valence-corrected chi connectivity index (χ1v) is 6.43. The Hall–Kier alpha value is -1.94. The molecule has 2 aromatic carbocycles. The molecule has 0 bridgehead atoms. The van der Waals surface area contributed by atoms with Crippen LogP contribution >= 0.6 is 15.9 Å². The third-order valence-electron chi connectivity index (χ3n) is 2.83. The molecule has 2 nitrogen and oxygen atoms in total. The predicted octanol–water partition coefficient (Wildman–Crippen LogP) is 4.57. The topological polar surface area (TPSA) is 30.2 Å². The average Bonchev–Trinajstić information content (AvgIpc) is 2.84. The monoisotopic (exact) mass is 318 g/mol. The fraction of sp³-hybridized carbons (Fsp3) is 0. The summed E-state index contributed by atoms with van der Waals surface area (Å²) in [5.74, 6) is -0.388. The average molecular weight is 319 g/mol. The summed E-state index contributed by atoms with van der Waals surface area (Å²) in [7, 11) is 0. The first-order valence-electron chi connectivity index (χ1n) is 5.63. The zero-order valence-electron chi connectivity index (χ0n) is 9.69. The number of halogens is 2. The number of fused-ring (bicyclic) bond motifs is 1. The van der Waals surface area contributed by atoms with Crippen LogP contribution in [0.5, 0.6) is 0 Å². The summed E-state index contributed by atoms with van der Waals surface area (Å²) in [5.41, 5.74) is 1.03. The number of carbonyl (C=O) groups is 1. The minimum atomic E-state index is -0.371. The minimum absolute atomic E-state index is 0.244. The lowest BCUT2D eigenvalue weighted by Gasteiger charge is -1.96. The number of rotatable bonds is 2. The zero-order valence-corrected chi connectivity index (χ0v) is 11.3. The molecule has 0 radical (unpaired) electrons. The molecule has 0 saturated carbocycles. The largest absolute Gasteiger partial charge is 0.451 e. The molecule has 1 aromatic heterocycles. The minimum Gasteiger partial charge on any atom is -0.451 e. The van der Waals surface area contributed by atoms with Crippen molar-refractivity contribution in [3.05, 3.63) is 70.1 Å². The molecule has 0 fully saturated rings. The van der Waals surface area contributed by atoms with Crippen LogP contribution in [0.1, 0.15) is 16.1 Å². The third kappa shape index (κ3) is 2.19. The van der Waals surface area contributed by atoms with Crippen LogP contribution < -0.4 is 0 Å². The molecule has 3 rings (SSSR count). The maximum Gasteiger partial charge on any atom is 0.228 e. The first kappa shape index (κ1) is 12.1. The van der Waals surface area contributed by atoms with Crippen molar-refractivity contribution in [2.75, 3.05) is 0 Å². The van der Waals surface area contributed by atoms with Gasteiger partial charge in [-0.3, -0.25) is 4.79 Å². The van der Waals surface area contributed by atoms with Crippen LogP contribution in [0.3, 0.4) is 0 Å². The van der Waals surface area contributed by atoms with Crippen LogP contribution in [0.2, 0.25) is 0 Å². The lowest BCUT2D eigenvalue weighted by atomic mass is 10.1. The molecule has 4 heteroatoms. The highest BCUT2D eigenvalue weighted by atomic mass is 79.9. The van der Waals surface area contributed by atoms with Crippen LogP contribution in [0, 0.1) is 5.82 Å². The second-order valence-electron chi connectivity index (χ2n) is 4.10. The van der Waals surface area contributed by atoms with Gasteiger partial charge in [0.2, 0.25) is 5.78 Å². The van der Waals surface area contributed by atoms with E-state index in [1.54, 1.807) is 6.07 Å². The molecule has 0 unspecified atom stereocenters. The van der Waals surface area contributed by atoms with E-state index < -0.39 is 0 Å². The fourth-order valence-corrected chi connectivity index (χ4v) is 2.35. The van der Waals surface area contributed by atoms with Gasteiger partial charge < -0.3 is 4.42 Å². The van der Waals surface area contributed by atoms with E-state index in [1.807, 2.05) is 18.2 Å². The normalized spacial score (nSPS) is 10.8. The molecule has 0 saturated heterocycles. The molecular weight excluding hydrogens is 311 g/mol. The fourth-order valence-electron chi connectivity index (χ4n) is 1.88. The molecular formula is C15H8BrFO2. The van der Waals surface area contributed by atoms with Gasteiger partial charge in [0, 0.05) is 10.9 Å². The van der Waals surface area contributed by atoms with Gasteiger partial charge in [-0.15, -0.1) is 0 Å². The SMILES string of the molecule is O=C(c1ccc(F)cc1)c1cc2cccc(Br)c2o1. The molecule has 0 spiro atoms. The van der Waals surface area contributed by atoms with Crippen LogP contribution in [0.25, 0.3) is 11.0 Å². The Labute approximate surface area is 117 Å². The van der Waals surface area contributed by atoms with Crippen molar-refractivity contribution in [2.24, 2.45) is 0 Å². The number of carbonyl (C=O) groups excluding carboxylic acids is 1. The Kier molecular flexibility index (Phi) is 2.95. The first-order chi connectivity index (χ1) is 9.15. The third-order valence-corrected chi connectivity index (χ3v) is 3.45. The Morgan fingerprint density at radius 2 is 1.84 bits per heavy atom. The summed E-state index contributed by atoms with van der Waals surface area (Å²) in [5, 5.41) is 0.847. The molecule has 94 valence electrons. The van der Waals surface area contributed by atoms with Gasteiger partial charge in [0.1, 0.15) is 11.4 Å². The van der Waals surface area contributed by atoms with Gasteiger partial charge in [0.05, 0.1) is 4.47 Å². The number of furan rings is 1. The summed E-state index contributed by atoms with van der Waals surface area (Å²) in [6.45, 7) is 0. The molecule has 19 heavy (non-hydrogen) atoms. The predicted molar refractivity (Wildman–Crippen MR) is 73.7 cm³/mol. The van der Waals surface area contributed by atoms with Gasteiger partial charge >= 0.3 is 0 Å². The van der Waals surface area contributed by atoms with Crippen molar-refractivity contribution < 1.29 is 13.6 Å². The maximum atomic E-state index is 12.8. The van der Waals surface area contributed by atoms with Crippen LogP contribution in [0.4, 0.5) is 4.39 Å². The highest BCUT2D eigenvalue weighted by Gasteiger charge is 2.15. The van der Waals surface area contributed by atoms with Crippen molar-refractivity contribution in [1.82, 2.24) is 0 Å². The molecule has 0 atom stereocenters. The van der Waals surface area contributed by atoms with E-state index in [0.29, 0.717) is 11.1 Å². The molecule has 1 heterocycles. The molecule has 0 amide bonds. The van der Waals surface area contributed by atoms with Gasteiger partial charge in [-0.2, -0.15) is 0 Å². The summed E-state index contributed by atoms with van der Waals surface area (Å²) in [4.78, 5) is 12.2. The molecule has 0 aliphatic heterocycles. The van der Waals surface area contributed by atoms with Crippen LogP contribution in [0.15, 0.2) is 57.4 Å². The molecule has 0 aliphatic carbocycles. The lowest BCUT2D eigenvalue weighted by Crippen LogP contribution is -1.99. The van der Waals surface area contributed by atoms with Crippen molar-refractivity contribution in [2.45, 2.75) is 0 Å². The Morgan fingerprint density at radius 1 is 1.11 bits per heavy atom. The smallest absolute Gasteiger partial charge is 0.228 e. The quantitative estimate of drug-likeness (QED) is 0.648. The highest BCUT2D eigenvalue weighted by Crippen LogP contribution is 2.28. The number of ketones is 1. The van der Waals surface area contributed by atoms with E-state index >= 15 is 0 Å². The van der Waals surface area contributed by atoms with Gasteiger partial charge in [-0.05, 0) is 52.3 Å². The van der Waals surface area contributed by atoms with E-state index in [9.17, 15) is 9.18 Å². The van der Waals surface area contributed by atoms with Crippen molar-refractivity contribution >= 4 is 32.7 Å². The second-order valence-corrected chi connectivity index (χ2v) is 4.96. The van der Waals surface area contributed by atoms with E-state index in [1.165, 1.54) is 24.3 Å². The number of hydrogen-bond donors (Lipinski definition) is 0. The Morgan fingerprint density at radius 3 is 2.53 bits per heavy atom. The Bertz CT molecular complexity index is 759. The lowest BCUT2D eigenvalue weighted by molar-refractivity contribution is 0.101. The molecule has 3 aromatic rings. The maximum absolute atomic E-state index is 12.8. The van der Waals surface area contributed by atoms with Gasteiger partial charge in [-0.1, -0.05) is 12.1 Å². The van der Waals surface area contributed by atoms with E-state index in [2.05, 4.69) is 15.9 Å². The van der Waals surface area contributed by atoms with E-state index in [4.69, 9.17) is 4.42 Å². The van der Waals surface area contributed by atoms with Crippen molar-refractivity contribution in [1.29, 1.82) is 0 Å². The number of para-hydroxylation sites is 1. The highest BCUT2D eigenvalue weighted by molar-refractivity contribution is 9.10. The molecule has 0 N–H and O–H groups in total. The Balaban J connectivity index is 2.06. The van der Waals surface area contributed by atoms with E-state index in [-0.39, 0.29) is 17.4 Å². The van der Waals surface area contributed by atoms with Crippen LogP contribution in [-0.4, -0.2) is 5.78 Å². The van der Waals surface area contributed by atoms with Crippen molar-refractivity contribution in [3.63, 3.8) is 0 Å². The summed E-state index contributed by atoms with van der Waals surface area (Å²) >= 11 is 3.37.